The number of urea groups is 1. The summed E-state index contributed by atoms with van der Waals surface area (Å²) in [6.45, 7) is 5.24. The fourth-order valence-electron chi connectivity index (χ4n) is 2.68. The second-order valence-corrected chi connectivity index (χ2v) is 6.80. The number of carbonyl (C=O) groups excluding carboxylic acids is 1. The van der Waals surface area contributed by atoms with Crippen molar-refractivity contribution in [2.24, 2.45) is 0 Å². The lowest BCUT2D eigenvalue weighted by Gasteiger charge is -2.28. The third kappa shape index (κ3) is 5.09. The van der Waals surface area contributed by atoms with E-state index in [1.807, 2.05) is 43.5 Å². The van der Waals surface area contributed by atoms with Gasteiger partial charge in [-0.15, -0.1) is 11.8 Å². The van der Waals surface area contributed by atoms with E-state index in [0.29, 0.717) is 19.0 Å². The number of rotatable bonds is 5. The summed E-state index contributed by atoms with van der Waals surface area (Å²) in [5, 5.41) is 5.65. The minimum atomic E-state index is -0.277. The molecule has 1 aromatic heterocycles. The number of aryl methyl sites for hydroxylation is 1. The standard InChI is InChI=1S/C18H23N5O2S/c1-13-10-17(23-6-8-25-9-7-23)22-16(20-13)12-19-18(24)21-14-4-3-5-15(11-14)26-2/h3-5,10-11H,6-9,12H2,1-2H3,(H2,19,21,24). The van der Waals surface area contributed by atoms with Gasteiger partial charge in [0.15, 0.2) is 0 Å². The topological polar surface area (TPSA) is 79.4 Å². The van der Waals surface area contributed by atoms with Gasteiger partial charge in [0.2, 0.25) is 0 Å². The molecule has 1 fully saturated rings. The number of ether oxygens (including phenoxy) is 1. The van der Waals surface area contributed by atoms with E-state index in [4.69, 9.17) is 4.74 Å². The average molecular weight is 373 g/mol. The van der Waals surface area contributed by atoms with Crippen LogP contribution in [-0.2, 0) is 11.3 Å². The highest BCUT2D eigenvalue weighted by molar-refractivity contribution is 7.98. The van der Waals surface area contributed by atoms with Crippen LogP contribution in [0.3, 0.4) is 0 Å². The SMILES string of the molecule is CSc1cccc(NC(=O)NCc2nc(C)cc(N3CCOCC3)n2)c1. The first-order chi connectivity index (χ1) is 12.6. The second kappa shape index (κ2) is 8.86. The Balaban J connectivity index is 1.59. The van der Waals surface area contributed by atoms with Gasteiger partial charge >= 0.3 is 6.03 Å². The summed E-state index contributed by atoms with van der Waals surface area (Å²) in [4.78, 5) is 24.4. The van der Waals surface area contributed by atoms with Gasteiger partial charge in [0.25, 0.3) is 0 Å². The molecule has 0 spiro atoms. The Labute approximate surface area is 157 Å². The van der Waals surface area contributed by atoms with E-state index < -0.39 is 0 Å². The van der Waals surface area contributed by atoms with Gasteiger partial charge in [-0.05, 0) is 31.4 Å². The summed E-state index contributed by atoms with van der Waals surface area (Å²) in [5.74, 6) is 1.48. The highest BCUT2D eigenvalue weighted by Gasteiger charge is 2.14. The lowest BCUT2D eigenvalue weighted by Crippen LogP contribution is -2.37. The van der Waals surface area contributed by atoms with Gasteiger partial charge < -0.3 is 20.3 Å². The van der Waals surface area contributed by atoms with Crippen LogP contribution in [-0.4, -0.2) is 48.6 Å². The number of aromatic nitrogens is 2. The van der Waals surface area contributed by atoms with Crippen LogP contribution in [0.25, 0.3) is 0 Å². The highest BCUT2D eigenvalue weighted by Crippen LogP contribution is 2.19. The predicted octanol–water partition coefficient (Wildman–Crippen LogP) is 2.67. The molecule has 1 aromatic carbocycles. The van der Waals surface area contributed by atoms with Crippen LogP contribution in [0.5, 0.6) is 0 Å². The van der Waals surface area contributed by atoms with Gasteiger partial charge in [0.1, 0.15) is 11.6 Å². The number of anilines is 2. The summed E-state index contributed by atoms with van der Waals surface area (Å²) < 4.78 is 5.38. The first-order valence-corrected chi connectivity index (χ1v) is 9.72. The van der Waals surface area contributed by atoms with Crippen molar-refractivity contribution < 1.29 is 9.53 Å². The molecular formula is C18H23N5O2S. The van der Waals surface area contributed by atoms with Crippen molar-refractivity contribution in [3.63, 3.8) is 0 Å². The summed E-state index contributed by atoms with van der Waals surface area (Å²) >= 11 is 1.63. The lowest BCUT2D eigenvalue weighted by atomic mass is 10.3. The molecule has 3 rings (SSSR count). The number of benzene rings is 1. The molecule has 0 aliphatic carbocycles. The third-order valence-corrected chi connectivity index (χ3v) is 4.68. The number of nitrogens with one attached hydrogen (secondary N) is 2. The van der Waals surface area contributed by atoms with Crippen LogP contribution in [0, 0.1) is 6.92 Å². The van der Waals surface area contributed by atoms with Gasteiger partial charge in [0, 0.05) is 35.4 Å². The largest absolute Gasteiger partial charge is 0.378 e. The molecule has 8 heteroatoms. The lowest BCUT2D eigenvalue weighted by molar-refractivity contribution is 0.122. The fourth-order valence-corrected chi connectivity index (χ4v) is 3.14. The maximum atomic E-state index is 12.1. The van der Waals surface area contributed by atoms with Crippen molar-refractivity contribution in [2.75, 3.05) is 42.8 Å². The normalized spacial score (nSPS) is 14.2. The molecular weight excluding hydrogens is 350 g/mol. The molecule has 2 N–H and O–H groups in total. The zero-order valence-electron chi connectivity index (χ0n) is 15.0. The van der Waals surface area contributed by atoms with Crippen LogP contribution < -0.4 is 15.5 Å². The minimum Gasteiger partial charge on any atom is -0.378 e. The first-order valence-electron chi connectivity index (χ1n) is 8.50. The summed E-state index contributed by atoms with van der Waals surface area (Å²) in [6, 6.07) is 9.40. The zero-order chi connectivity index (χ0) is 18.4. The Morgan fingerprint density at radius 3 is 2.85 bits per heavy atom. The summed E-state index contributed by atoms with van der Waals surface area (Å²) in [7, 11) is 0. The maximum Gasteiger partial charge on any atom is 0.319 e. The Morgan fingerprint density at radius 1 is 1.27 bits per heavy atom. The number of hydrogen-bond acceptors (Lipinski definition) is 6. The van der Waals surface area contributed by atoms with Crippen LogP contribution in [0.15, 0.2) is 35.2 Å². The molecule has 2 heterocycles. The Morgan fingerprint density at radius 2 is 2.08 bits per heavy atom. The third-order valence-electron chi connectivity index (χ3n) is 3.96. The second-order valence-electron chi connectivity index (χ2n) is 5.92. The van der Waals surface area contributed by atoms with Crippen molar-refractivity contribution in [3.05, 3.63) is 41.9 Å². The molecule has 26 heavy (non-hydrogen) atoms. The Hall–Kier alpha value is -2.32. The number of nitrogens with zero attached hydrogens (tertiary/aromatic N) is 3. The number of amides is 2. The van der Waals surface area contributed by atoms with E-state index in [-0.39, 0.29) is 12.6 Å². The molecule has 0 saturated carbocycles. The molecule has 7 nitrogen and oxygen atoms in total. The molecule has 0 radical (unpaired) electrons. The Bertz CT molecular complexity index is 765. The van der Waals surface area contributed by atoms with Crippen LogP contribution in [0.1, 0.15) is 11.5 Å². The molecule has 1 saturated heterocycles. The van der Waals surface area contributed by atoms with E-state index in [9.17, 15) is 4.79 Å². The van der Waals surface area contributed by atoms with Gasteiger partial charge in [0.05, 0.1) is 19.8 Å². The summed E-state index contributed by atoms with van der Waals surface area (Å²) in [6.07, 6.45) is 2.00. The van der Waals surface area contributed by atoms with Gasteiger partial charge in [-0.25, -0.2) is 14.8 Å². The molecule has 2 aromatic rings. The molecule has 2 amide bonds. The number of hydrogen-bond donors (Lipinski definition) is 2. The first kappa shape index (κ1) is 18.5. The Kier molecular flexibility index (Phi) is 6.30. The van der Waals surface area contributed by atoms with E-state index in [1.54, 1.807) is 11.8 Å². The predicted molar refractivity (Wildman–Crippen MR) is 104 cm³/mol. The van der Waals surface area contributed by atoms with Crippen LogP contribution in [0.4, 0.5) is 16.3 Å². The van der Waals surface area contributed by atoms with Gasteiger partial charge in [-0.1, -0.05) is 6.07 Å². The van der Waals surface area contributed by atoms with Crippen LogP contribution >= 0.6 is 11.8 Å². The molecule has 1 aliphatic rings. The van der Waals surface area contributed by atoms with Crippen LogP contribution in [0.2, 0.25) is 0 Å². The fraction of sp³-hybridized carbons (Fsp3) is 0.389. The number of carbonyl (C=O) groups is 1. The molecule has 0 unspecified atom stereocenters. The average Bonchev–Trinajstić information content (AvgIpc) is 2.67. The minimum absolute atomic E-state index is 0.271. The van der Waals surface area contributed by atoms with Gasteiger partial charge in [-0.3, -0.25) is 0 Å². The van der Waals surface area contributed by atoms with Crippen molar-refractivity contribution in [2.45, 2.75) is 18.4 Å². The van der Waals surface area contributed by atoms with E-state index in [1.165, 1.54) is 0 Å². The van der Waals surface area contributed by atoms with E-state index >= 15 is 0 Å². The number of thioether (sulfide) groups is 1. The highest BCUT2D eigenvalue weighted by atomic mass is 32.2. The molecule has 0 atom stereocenters. The molecule has 1 aliphatic heterocycles. The smallest absolute Gasteiger partial charge is 0.319 e. The van der Waals surface area contributed by atoms with E-state index in [0.717, 1.165) is 35.2 Å². The van der Waals surface area contributed by atoms with Gasteiger partial charge in [-0.2, -0.15) is 0 Å². The van der Waals surface area contributed by atoms with E-state index in [2.05, 4.69) is 25.5 Å². The monoisotopic (exact) mass is 373 g/mol. The van der Waals surface area contributed by atoms with Crippen molar-refractivity contribution in [1.82, 2.24) is 15.3 Å². The maximum absolute atomic E-state index is 12.1. The van der Waals surface area contributed by atoms with Crippen molar-refractivity contribution >= 4 is 29.3 Å². The van der Waals surface area contributed by atoms with Crippen molar-refractivity contribution in [1.29, 1.82) is 0 Å². The summed E-state index contributed by atoms with van der Waals surface area (Å²) in [5.41, 5.74) is 1.64. The number of morpholine rings is 1. The zero-order valence-corrected chi connectivity index (χ0v) is 15.8. The molecule has 0 bridgehead atoms. The molecule has 138 valence electrons. The van der Waals surface area contributed by atoms with Crippen molar-refractivity contribution in [3.8, 4) is 0 Å². The quantitative estimate of drug-likeness (QED) is 0.785.